The van der Waals surface area contributed by atoms with Crippen LogP contribution in [0.5, 0.6) is 0 Å². The Labute approximate surface area is 129 Å². The molecule has 3 aromatic rings. The molecule has 0 aliphatic rings. The van der Waals surface area contributed by atoms with Gasteiger partial charge in [-0.3, -0.25) is 0 Å². The van der Waals surface area contributed by atoms with Gasteiger partial charge in [0.25, 0.3) is 0 Å². The first kappa shape index (κ1) is 12.6. The molecule has 0 amide bonds. The number of benzene rings is 2. The monoisotopic (exact) mass is 381 g/mol. The molecule has 94 valence electrons. The van der Waals surface area contributed by atoms with Crippen LogP contribution in [0.3, 0.4) is 0 Å². The summed E-state index contributed by atoms with van der Waals surface area (Å²) in [4.78, 5) is 8.51. The van der Waals surface area contributed by atoms with Crippen molar-refractivity contribution in [3.63, 3.8) is 0 Å². The third-order valence-corrected chi connectivity index (χ3v) is 3.66. The number of fused-ring (bicyclic) bond motifs is 1. The van der Waals surface area contributed by atoms with Gasteiger partial charge in [-0.25, -0.2) is 9.97 Å². The van der Waals surface area contributed by atoms with E-state index in [0.29, 0.717) is 5.02 Å². The quantitative estimate of drug-likeness (QED) is 0.658. The van der Waals surface area contributed by atoms with Crippen molar-refractivity contribution >= 4 is 56.6 Å². The van der Waals surface area contributed by atoms with Gasteiger partial charge in [0.15, 0.2) is 0 Å². The number of nitrogens with zero attached hydrogens (tertiary/aromatic N) is 2. The maximum absolute atomic E-state index is 5.97. The first-order chi connectivity index (χ1) is 9.22. The molecule has 0 unspecified atom stereocenters. The minimum Gasteiger partial charge on any atom is -0.340 e. The second kappa shape index (κ2) is 5.30. The summed E-state index contributed by atoms with van der Waals surface area (Å²) in [5.74, 6) is 0.780. The first-order valence-electron chi connectivity index (χ1n) is 5.65. The Kier molecular flexibility index (Phi) is 3.52. The first-order valence-corrected chi connectivity index (χ1v) is 7.11. The van der Waals surface area contributed by atoms with Gasteiger partial charge in [0, 0.05) is 19.7 Å². The van der Waals surface area contributed by atoms with Crippen LogP contribution >= 0.6 is 34.2 Å². The van der Waals surface area contributed by atoms with E-state index in [1.165, 1.54) is 9.90 Å². The topological polar surface area (TPSA) is 37.8 Å². The molecule has 0 spiro atoms. The molecule has 1 heterocycles. The summed E-state index contributed by atoms with van der Waals surface area (Å²) in [6.45, 7) is 0. The highest BCUT2D eigenvalue weighted by Crippen LogP contribution is 2.25. The van der Waals surface area contributed by atoms with Crippen LogP contribution in [-0.4, -0.2) is 9.97 Å². The molecular weight excluding hydrogens is 373 g/mol. The van der Waals surface area contributed by atoms with Crippen LogP contribution in [0.4, 0.5) is 11.5 Å². The van der Waals surface area contributed by atoms with Crippen LogP contribution in [0.2, 0.25) is 5.02 Å². The fraction of sp³-hybridized carbons (Fsp3) is 0. The Balaban J connectivity index is 2.03. The smallest absolute Gasteiger partial charge is 0.141 e. The van der Waals surface area contributed by atoms with Gasteiger partial charge in [-0.2, -0.15) is 0 Å². The minimum atomic E-state index is 0.673. The molecule has 5 heteroatoms. The molecule has 0 aliphatic heterocycles. The summed E-state index contributed by atoms with van der Waals surface area (Å²) in [5.41, 5.74) is 1.82. The number of anilines is 2. The zero-order valence-electron chi connectivity index (χ0n) is 9.77. The van der Waals surface area contributed by atoms with Crippen molar-refractivity contribution < 1.29 is 0 Å². The van der Waals surface area contributed by atoms with Crippen molar-refractivity contribution in [2.45, 2.75) is 0 Å². The molecule has 3 nitrogen and oxygen atoms in total. The third kappa shape index (κ3) is 2.79. The zero-order valence-corrected chi connectivity index (χ0v) is 12.7. The van der Waals surface area contributed by atoms with E-state index in [9.17, 15) is 0 Å². The lowest BCUT2D eigenvalue weighted by Gasteiger charge is -2.08. The number of halogens is 2. The van der Waals surface area contributed by atoms with Gasteiger partial charge < -0.3 is 5.32 Å². The van der Waals surface area contributed by atoms with Crippen LogP contribution in [0.15, 0.2) is 48.8 Å². The number of hydrogen-bond acceptors (Lipinski definition) is 3. The molecule has 0 aliphatic carbocycles. The van der Waals surface area contributed by atoms with E-state index in [2.05, 4.69) is 37.9 Å². The Bertz CT molecular complexity index is 728. The lowest BCUT2D eigenvalue weighted by molar-refractivity contribution is 1.22. The summed E-state index contributed by atoms with van der Waals surface area (Å²) in [6.07, 6.45) is 1.54. The average molecular weight is 382 g/mol. The van der Waals surface area contributed by atoms with Crippen LogP contribution < -0.4 is 5.32 Å². The van der Waals surface area contributed by atoms with E-state index in [1.54, 1.807) is 0 Å². The van der Waals surface area contributed by atoms with E-state index in [0.717, 1.165) is 22.4 Å². The maximum atomic E-state index is 5.97. The van der Waals surface area contributed by atoms with E-state index < -0.39 is 0 Å². The van der Waals surface area contributed by atoms with Crippen molar-refractivity contribution in [3.05, 3.63) is 57.4 Å². The molecule has 0 saturated carbocycles. The van der Waals surface area contributed by atoms with Crippen molar-refractivity contribution in [1.29, 1.82) is 0 Å². The summed E-state index contributed by atoms with van der Waals surface area (Å²) >= 11 is 8.24. The molecule has 0 radical (unpaired) electrons. The fourth-order valence-corrected chi connectivity index (χ4v) is 2.33. The van der Waals surface area contributed by atoms with Crippen molar-refractivity contribution in [3.8, 4) is 0 Å². The third-order valence-electron chi connectivity index (χ3n) is 2.71. The van der Waals surface area contributed by atoms with Crippen molar-refractivity contribution in [2.24, 2.45) is 0 Å². The highest BCUT2D eigenvalue weighted by molar-refractivity contribution is 14.1. The summed E-state index contributed by atoms with van der Waals surface area (Å²) in [6, 6.07) is 13.7. The molecule has 3 rings (SSSR count). The van der Waals surface area contributed by atoms with Gasteiger partial charge >= 0.3 is 0 Å². The normalized spacial score (nSPS) is 10.6. The molecule has 1 N–H and O–H groups in total. The lowest BCUT2D eigenvalue weighted by Crippen LogP contribution is -1.95. The molecule has 1 aromatic heterocycles. The summed E-state index contributed by atoms with van der Waals surface area (Å²) in [5, 5.41) is 4.92. The van der Waals surface area contributed by atoms with Crippen LogP contribution in [-0.2, 0) is 0 Å². The number of nitrogens with one attached hydrogen (secondary N) is 1. The predicted molar refractivity (Wildman–Crippen MR) is 87.0 cm³/mol. The standard InChI is InChI=1S/C14H9ClIN3/c15-9-1-6-12-13(7-9)17-8-18-14(12)19-11-4-2-10(16)3-5-11/h1-8H,(H,17,18,19). The van der Waals surface area contributed by atoms with Crippen LogP contribution in [0.1, 0.15) is 0 Å². The number of hydrogen-bond donors (Lipinski definition) is 1. The largest absolute Gasteiger partial charge is 0.340 e. The maximum Gasteiger partial charge on any atom is 0.141 e. The second-order valence-electron chi connectivity index (χ2n) is 4.02. The Hall–Kier alpha value is -1.40. The highest BCUT2D eigenvalue weighted by Gasteiger charge is 2.04. The highest BCUT2D eigenvalue weighted by atomic mass is 127. The SMILES string of the molecule is Clc1ccc2c(Nc3ccc(I)cc3)ncnc2c1. The molecule has 2 aromatic carbocycles. The van der Waals surface area contributed by atoms with Gasteiger partial charge in [0.2, 0.25) is 0 Å². The van der Waals surface area contributed by atoms with Crippen LogP contribution in [0.25, 0.3) is 10.9 Å². The van der Waals surface area contributed by atoms with Gasteiger partial charge in [0.05, 0.1) is 5.52 Å². The van der Waals surface area contributed by atoms with E-state index in [1.807, 2.05) is 42.5 Å². The minimum absolute atomic E-state index is 0.673. The van der Waals surface area contributed by atoms with Gasteiger partial charge in [0.1, 0.15) is 12.1 Å². The van der Waals surface area contributed by atoms with Gasteiger partial charge in [-0.1, -0.05) is 11.6 Å². The van der Waals surface area contributed by atoms with Gasteiger partial charge in [-0.05, 0) is 65.1 Å². The molecule has 19 heavy (non-hydrogen) atoms. The average Bonchev–Trinajstić information content (AvgIpc) is 2.41. The lowest BCUT2D eigenvalue weighted by atomic mass is 10.2. The summed E-state index contributed by atoms with van der Waals surface area (Å²) < 4.78 is 1.20. The Morgan fingerprint density at radius 2 is 1.79 bits per heavy atom. The number of rotatable bonds is 2. The Morgan fingerprint density at radius 3 is 2.58 bits per heavy atom. The molecule has 0 fully saturated rings. The van der Waals surface area contributed by atoms with Crippen molar-refractivity contribution in [2.75, 3.05) is 5.32 Å². The molecule has 0 bridgehead atoms. The second-order valence-corrected chi connectivity index (χ2v) is 5.70. The Morgan fingerprint density at radius 1 is 1.00 bits per heavy atom. The molecule has 0 atom stereocenters. The van der Waals surface area contributed by atoms with E-state index >= 15 is 0 Å². The predicted octanol–water partition coefficient (Wildman–Crippen LogP) is 4.63. The van der Waals surface area contributed by atoms with Gasteiger partial charge in [-0.15, -0.1) is 0 Å². The number of aromatic nitrogens is 2. The summed E-state index contributed by atoms with van der Waals surface area (Å²) in [7, 11) is 0. The van der Waals surface area contributed by atoms with E-state index in [-0.39, 0.29) is 0 Å². The molecule has 0 saturated heterocycles. The van der Waals surface area contributed by atoms with Crippen LogP contribution in [0, 0.1) is 3.57 Å². The zero-order chi connectivity index (χ0) is 13.2. The van der Waals surface area contributed by atoms with Crippen molar-refractivity contribution in [1.82, 2.24) is 9.97 Å². The molecular formula is C14H9ClIN3. The van der Waals surface area contributed by atoms with E-state index in [4.69, 9.17) is 11.6 Å². The fourth-order valence-electron chi connectivity index (χ4n) is 1.80.